The Kier molecular flexibility index (Phi) is 6.36. The number of amides is 1. The number of nitrogens with zero attached hydrogens (tertiary/aromatic N) is 2. The average Bonchev–Trinajstić information content (AvgIpc) is 2.64. The Labute approximate surface area is 154 Å². The van der Waals surface area contributed by atoms with Crippen LogP contribution in [0, 0.1) is 5.82 Å². The highest BCUT2D eigenvalue weighted by molar-refractivity contribution is 5.94. The van der Waals surface area contributed by atoms with Gasteiger partial charge in [0.05, 0.1) is 0 Å². The molecule has 0 saturated carbocycles. The Morgan fingerprint density at radius 3 is 2.27 bits per heavy atom. The fraction of sp³-hybridized carbons (Fsp3) is 0.381. The first kappa shape index (κ1) is 18.5. The highest BCUT2D eigenvalue weighted by Gasteiger charge is 2.19. The molecular weight excluding hydrogens is 329 g/mol. The Balaban J connectivity index is 1.41. The zero-order valence-electron chi connectivity index (χ0n) is 15.2. The molecule has 1 amide bonds. The fourth-order valence-electron chi connectivity index (χ4n) is 3.31. The van der Waals surface area contributed by atoms with Gasteiger partial charge in [-0.25, -0.2) is 4.39 Å². The van der Waals surface area contributed by atoms with Crippen LogP contribution in [-0.2, 0) is 6.54 Å². The van der Waals surface area contributed by atoms with E-state index in [4.69, 9.17) is 0 Å². The molecule has 26 heavy (non-hydrogen) atoms. The summed E-state index contributed by atoms with van der Waals surface area (Å²) in [6.07, 6.45) is 0. The maximum absolute atomic E-state index is 12.9. The SMILES string of the molecule is C[C@@H](CN1CCN(Cc2ccccc2)CC1)NC(=O)c1ccc(F)cc1. The van der Waals surface area contributed by atoms with Crippen LogP contribution in [0.4, 0.5) is 4.39 Å². The minimum absolute atomic E-state index is 0.0493. The number of hydrogen-bond donors (Lipinski definition) is 1. The van der Waals surface area contributed by atoms with Crippen LogP contribution in [-0.4, -0.2) is 54.5 Å². The van der Waals surface area contributed by atoms with Crippen molar-refractivity contribution in [3.63, 3.8) is 0 Å². The summed E-state index contributed by atoms with van der Waals surface area (Å²) in [5, 5.41) is 3.00. The number of carbonyl (C=O) groups is 1. The van der Waals surface area contributed by atoms with Gasteiger partial charge in [-0.2, -0.15) is 0 Å². The molecule has 1 fully saturated rings. The van der Waals surface area contributed by atoms with Gasteiger partial charge in [-0.05, 0) is 36.8 Å². The third-order valence-electron chi connectivity index (χ3n) is 4.73. The number of rotatable bonds is 6. The van der Waals surface area contributed by atoms with Crippen LogP contribution in [0.1, 0.15) is 22.8 Å². The van der Waals surface area contributed by atoms with Crippen LogP contribution in [0.15, 0.2) is 54.6 Å². The molecule has 1 saturated heterocycles. The summed E-state index contributed by atoms with van der Waals surface area (Å²) in [6, 6.07) is 16.2. The molecule has 0 unspecified atom stereocenters. The molecule has 1 atom stereocenters. The maximum Gasteiger partial charge on any atom is 0.251 e. The molecule has 5 heteroatoms. The minimum atomic E-state index is -0.331. The van der Waals surface area contributed by atoms with Gasteiger partial charge in [0, 0.05) is 50.9 Å². The number of benzene rings is 2. The van der Waals surface area contributed by atoms with Crippen molar-refractivity contribution < 1.29 is 9.18 Å². The summed E-state index contributed by atoms with van der Waals surface area (Å²) in [6.45, 7) is 7.91. The van der Waals surface area contributed by atoms with Gasteiger partial charge >= 0.3 is 0 Å². The Morgan fingerprint density at radius 2 is 1.62 bits per heavy atom. The van der Waals surface area contributed by atoms with Crippen LogP contribution >= 0.6 is 0 Å². The van der Waals surface area contributed by atoms with E-state index in [0.717, 1.165) is 39.3 Å². The number of piperazine rings is 1. The highest BCUT2D eigenvalue weighted by atomic mass is 19.1. The average molecular weight is 355 g/mol. The van der Waals surface area contributed by atoms with Crippen LogP contribution in [0.5, 0.6) is 0 Å². The van der Waals surface area contributed by atoms with Gasteiger partial charge in [0.15, 0.2) is 0 Å². The minimum Gasteiger partial charge on any atom is -0.348 e. The summed E-state index contributed by atoms with van der Waals surface area (Å²) < 4.78 is 12.9. The second kappa shape index (κ2) is 8.92. The third kappa shape index (κ3) is 5.38. The maximum atomic E-state index is 12.9. The van der Waals surface area contributed by atoms with Gasteiger partial charge in [0.1, 0.15) is 5.82 Å². The predicted octanol–water partition coefficient (Wildman–Crippen LogP) is 2.76. The number of carbonyl (C=O) groups excluding carboxylic acids is 1. The van der Waals surface area contributed by atoms with Crippen LogP contribution in [0.25, 0.3) is 0 Å². The number of hydrogen-bond acceptors (Lipinski definition) is 3. The predicted molar refractivity (Wildman–Crippen MR) is 101 cm³/mol. The van der Waals surface area contributed by atoms with Crippen LogP contribution < -0.4 is 5.32 Å². The molecule has 2 aromatic carbocycles. The first-order valence-electron chi connectivity index (χ1n) is 9.15. The molecule has 138 valence electrons. The lowest BCUT2D eigenvalue weighted by Gasteiger charge is -2.36. The largest absolute Gasteiger partial charge is 0.348 e. The van der Waals surface area contributed by atoms with E-state index < -0.39 is 0 Å². The lowest BCUT2D eigenvalue weighted by Crippen LogP contribution is -2.50. The quantitative estimate of drug-likeness (QED) is 0.865. The van der Waals surface area contributed by atoms with Gasteiger partial charge in [0.25, 0.3) is 5.91 Å². The summed E-state index contributed by atoms with van der Waals surface area (Å²) in [5.74, 6) is -0.483. The molecule has 0 aliphatic carbocycles. The van der Waals surface area contributed by atoms with Gasteiger partial charge in [0.2, 0.25) is 0 Å². The van der Waals surface area contributed by atoms with Crippen molar-refractivity contribution in [1.82, 2.24) is 15.1 Å². The van der Waals surface area contributed by atoms with E-state index in [-0.39, 0.29) is 17.8 Å². The van der Waals surface area contributed by atoms with Crippen molar-refractivity contribution in [2.45, 2.75) is 19.5 Å². The van der Waals surface area contributed by atoms with Crippen molar-refractivity contribution in [2.24, 2.45) is 0 Å². The van der Waals surface area contributed by atoms with E-state index in [1.54, 1.807) is 0 Å². The van der Waals surface area contributed by atoms with E-state index >= 15 is 0 Å². The molecule has 4 nitrogen and oxygen atoms in total. The Hall–Kier alpha value is -2.24. The fourth-order valence-corrected chi connectivity index (χ4v) is 3.31. The normalized spacial score (nSPS) is 17.0. The Morgan fingerprint density at radius 1 is 1.00 bits per heavy atom. The first-order valence-corrected chi connectivity index (χ1v) is 9.15. The molecule has 0 aromatic heterocycles. The Bertz CT molecular complexity index is 697. The summed E-state index contributed by atoms with van der Waals surface area (Å²) in [5.41, 5.74) is 1.84. The van der Waals surface area contributed by atoms with Crippen molar-refractivity contribution in [2.75, 3.05) is 32.7 Å². The first-order chi connectivity index (χ1) is 12.6. The molecule has 0 spiro atoms. The van der Waals surface area contributed by atoms with Crippen LogP contribution in [0.2, 0.25) is 0 Å². The van der Waals surface area contributed by atoms with Crippen LogP contribution in [0.3, 0.4) is 0 Å². The smallest absolute Gasteiger partial charge is 0.251 e. The monoisotopic (exact) mass is 355 g/mol. The van der Waals surface area contributed by atoms with E-state index in [1.165, 1.54) is 29.8 Å². The molecule has 0 radical (unpaired) electrons. The van der Waals surface area contributed by atoms with E-state index in [2.05, 4.69) is 39.4 Å². The third-order valence-corrected chi connectivity index (χ3v) is 4.73. The second-order valence-corrected chi connectivity index (χ2v) is 6.94. The van der Waals surface area contributed by atoms with E-state index in [0.29, 0.717) is 5.56 Å². The van der Waals surface area contributed by atoms with E-state index in [1.807, 2.05) is 13.0 Å². The molecule has 0 bridgehead atoms. The molecular formula is C21H26FN3O. The molecule has 1 aliphatic rings. The van der Waals surface area contributed by atoms with Gasteiger partial charge in [-0.15, -0.1) is 0 Å². The molecule has 3 rings (SSSR count). The lowest BCUT2D eigenvalue weighted by molar-refractivity contribution is 0.0900. The lowest BCUT2D eigenvalue weighted by atomic mass is 10.1. The topological polar surface area (TPSA) is 35.6 Å². The molecule has 1 heterocycles. The van der Waals surface area contributed by atoms with Gasteiger partial charge < -0.3 is 5.32 Å². The van der Waals surface area contributed by atoms with Gasteiger partial charge in [-0.1, -0.05) is 30.3 Å². The van der Waals surface area contributed by atoms with Crippen molar-refractivity contribution >= 4 is 5.91 Å². The second-order valence-electron chi connectivity index (χ2n) is 6.94. The molecule has 1 N–H and O–H groups in total. The molecule has 2 aromatic rings. The van der Waals surface area contributed by atoms with Crippen molar-refractivity contribution in [3.8, 4) is 0 Å². The highest BCUT2D eigenvalue weighted by Crippen LogP contribution is 2.09. The van der Waals surface area contributed by atoms with Gasteiger partial charge in [-0.3, -0.25) is 14.6 Å². The van der Waals surface area contributed by atoms with Crippen molar-refractivity contribution in [1.29, 1.82) is 0 Å². The summed E-state index contributed by atoms with van der Waals surface area (Å²) in [7, 11) is 0. The van der Waals surface area contributed by atoms with E-state index in [9.17, 15) is 9.18 Å². The zero-order chi connectivity index (χ0) is 18.4. The standard InChI is InChI=1S/C21H26FN3O/c1-17(23-21(26)19-7-9-20(22)10-8-19)15-24-11-13-25(14-12-24)16-18-5-3-2-4-6-18/h2-10,17H,11-16H2,1H3,(H,23,26)/t17-/m0/s1. The summed E-state index contributed by atoms with van der Waals surface area (Å²) in [4.78, 5) is 17.1. The summed E-state index contributed by atoms with van der Waals surface area (Å²) >= 11 is 0. The zero-order valence-corrected chi connectivity index (χ0v) is 15.2. The van der Waals surface area contributed by atoms with Crippen molar-refractivity contribution in [3.05, 3.63) is 71.5 Å². The number of halogens is 1. The number of nitrogens with one attached hydrogen (secondary N) is 1. The molecule has 1 aliphatic heterocycles.